The molecule has 1 N–H and O–H groups in total. The lowest BCUT2D eigenvalue weighted by atomic mass is 9.96. The third-order valence-electron chi connectivity index (χ3n) is 5.24. The molecule has 3 aromatic carbocycles. The Kier molecular flexibility index (Phi) is 7.23. The molecule has 0 radical (unpaired) electrons. The van der Waals surface area contributed by atoms with Crippen molar-refractivity contribution in [3.63, 3.8) is 0 Å². The van der Waals surface area contributed by atoms with Crippen LogP contribution in [0.1, 0.15) is 17.2 Å². The fourth-order valence-electron chi connectivity index (χ4n) is 3.64. The van der Waals surface area contributed by atoms with Crippen LogP contribution < -0.4 is 14.5 Å². The number of fused-ring (bicyclic) bond motifs is 1. The summed E-state index contributed by atoms with van der Waals surface area (Å²) in [5, 5.41) is 1.74. The molecule has 0 aliphatic rings. The minimum atomic E-state index is -3.95. The molecule has 0 saturated carbocycles. The van der Waals surface area contributed by atoms with Gasteiger partial charge in [-0.25, -0.2) is 8.42 Å². The van der Waals surface area contributed by atoms with E-state index < -0.39 is 19.9 Å². The van der Waals surface area contributed by atoms with Gasteiger partial charge in [0.15, 0.2) is 0 Å². The van der Waals surface area contributed by atoms with Crippen LogP contribution in [0.5, 0.6) is 0 Å². The van der Waals surface area contributed by atoms with Gasteiger partial charge in [0.1, 0.15) is 0 Å². The highest BCUT2D eigenvalue weighted by molar-refractivity contribution is 7.89. The predicted molar refractivity (Wildman–Crippen MR) is 137 cm³/mol. The largest absolute Gasteiger partial charge is 0.377 e. The summed E-state index contributed by atoms with van der Waals surface area (Å²) in [6.45, 7) is 1.88. The fraction of sp³-hybridized carbons (Fsp3) is 0.304. The number of rotatable bonds is 6. The summed E-state index contributed by atoms with van der Waals surface area (Å²) < 4.78 is 27.0. The SMILES string of the molecule is Cc1ccc(S(=O)(=O)N[C@H](c2ccc(N(C)C)c3c(N(C)C)cccc23)C(Cl)(Cl)Cl)cc1. The molecular weight excluding hydrogens is 489 g/mol. The molecule has 1 atom stereocenters. The zero-order valence-electron chi connectivity index (χ0n) is 18.5. The summed E-state index contributed by atoms with van der Waals surface area (Å²) in [5.41, 5.74) is 3.46. The van der Waals surface area contributed by atoms with E-state index in [0.29, 0.717) is 5.56 Å². The van der Waals surface area contributed by atoms with E-state index in [0.717, 1.165) is 27.7 Å². The highest BCUT2D eigenvalue weighted by Gasteiger charge is 2.38. The first kappa shape index (κ1) is 24.9. The molecule has 9 heteroatoms. The molecule has 0 fully saturated rings. The van der Waals surface area contributed by atoms with Crippen molar-refractivity contribution < 1.29 is 8.42 Å². The molecule has 0 aliphatic carbocycles. The Morgan fingerprint density at radius 3 is 1.94 bits per heavy atom. The lowest BCUT2D eigenvalue weighted by Crippen LogP contribution is -2.36. The molecule has 0 spiro atoms. The van der Waals surface area contributed by atoms with E-state index in [1.165, 1.54) is 12.1 Å². The molecule has 0 bridgehead atoms. The van der Waals surface area contributed by atoms with E-state index in [-0.39, 0.29) is 4.90 Å². The second-order valence-electron chi connectivity index (χ2n) is 8.07. The lowest BCUT2D eigenvalue weighted by Gasteiger charge is -2.29. The van der Waals surface area contributed by atoms with Crippen LogP contribution in [0.4, 0.5) is 11.4 Å². The Hall–Kier alpha value is -1.70. The Bertz CT molecular complexity index is 1210. The summed E-state index contributed by atoms with van der Waals surface area (Å²) in [5.74, 6) is 0. The molecule has 0 saturated heterocycles. The molecule has 0 aromatic heterocycles. The first-order valence-corrected chi connectivity index (χ1v) is 12.5. The van der Waals surface area contributed by atoms with E-state index in [1.54, 1.807) is 18.2 Å². The van der Waals surface area contributed by atoms with Crippen molar-refractivity contribution in [2.24, 2.45) is 0 Å². The summed E-state index contributed by atoms with van der Waals surface area (Å²) in [7, 11) is 3.85. The van der Waals surface area contributed by atoms with Crippen LogP contribution in [0.15, 0.2) is 59.5 Å². The number of hydrogen-bond acceptors (Lipinski definition) is 4. The molecule has 0 aliphatic heterocycles. The van der Waals surface area contributed by atoms with Crippen molar-refractivity contribution >= 4 is 67.0 Å². The van der Waals surface area contributed by atoms with E-state index in [1.807, 2.05) is 69.2 Å². The average Bonchev–Trinajstić information content (AvgIpc) is 2.70. The van der Waals surface area contributed by atoms with Gasteiger partial charge in [0.2, 0.25) is 13.8 Å². The topological polar surface area (TPSA) is 52.7 Å². The van der Waals surface area contributed by atoms with Crippen molar-refractivity contribution in [2.75, 3.05) is 38.0 Å². The van der Waals surface area contributed by atoms with Gasteiger partial charge in [0, 0.05) is 45.0 Å². The maximum atomic E-state index is 13.2. The average molecular weight is 515 g/mol. The minimum Gasteiger partial charge on any atom is -0.377 e. The highest BCUT2D eigenvalue weighted by Crippen LogP contribution is 2.45. The van der Waals surface area contributed by atoms with Crippen LogP contribution in [-0.2, 0) is 10.0 Å². The number of halogens is 3. The first-order valence-electron chi connectivity index (χ1n) is 9.89. The van der Waals surface area contributed by atoms with Crippen molar-refractivity contribution in [3.8, 4) is 0 Å². The number of benzene rings is 3. The Labute approximate surface area is 204 Å². The second-order valence-corrected chi connectivity index (χ2v) is 12.2. The summed E-state index contributed by atoms with van der Waals surface area (Å²) >= 11 is 19.0. The smallest absolute Gasteiger partial charge is 0.241 e. The molecular formula is C23H26Cl3N3O2S. The van der Waals surface area contributed by atoms with E-state index in [2.05, 4.69) is 4.72 Å². The van der Waals surface area contributed by atoms with Crippen LogP contribution in [0.3, 0.4) is 0 Å². The van der Waals surface area contributed by atoms with E-state index in [4.69, 9.17) is 34.8 Å². The number of sulfonamides is 1. The number of anilines is 2. The minimum absolute atomic E-state index is 0.102. The van der Waals surface area contributed by atoms with Gasteiger partial charge in [0.05, 0.1) is 10.9 Å². The van der Waals surface area contributed by atoms with Crippen molar-refractivity contribution in [1.29, 1.82) is 0 Å². The number of hydrogen-bond donors (Lipinski definition) is 1. The number of aryl methyl sites for hydroxylation is 1. The molecule has 32 heavy (non-hydrogen) atoms. The van der Waals surface area contributed by atoms with Gasteiger partial charge in [0.25, 0.3) is 0 Å². The number of alkyl halides is 3. The Morgan fingerprint density at radius 1 is 0.844 bits per heavy atom. The number of nitrogens with zero attached hydrogens (tertiary/aromatic N) is 2. The second kappa shape index (κ2) is 9.27. The van der Waals surface area contributed by atoms with Gasteiger partial charge < -0.3 is 9.80 Å². The van der Waals surface area contributed by atoms with Crippen LogP contribution in [-0.4, -0.2) is 40.4 Å². The third kappa shape index (κ3) is 5.10. The molecule has 0 unspecified atom stereocenters. The maximum Gasteiger partial charge on any atom is 0.241 e. The molecule has 172 valence electrons. The highest BCUT2D eigenvalue weighted by atomic mass is 35.6. The predicted octanol–water partition coefficient (Wildman–Crippen LogP) is 5.67. The third-order valence-corrected chi connectivity index (χ3v) is 7.33. The quantitative estimate of drug-likeness (QED) is 0.431. The van der Waals surface area contributed by atoms with Gasteiger partial charge >= 0.3 is 0 Å². The molecule has 0 heterocycles. The monoisotopic (exact) mass is 513 g/mol. The Balaban J connectivity index is 2.23. The van der Waals surface area contributed by atoms with E-state index in [9.17, 15) is 8.42 Å². The fourth-order valence-corrected chi connectivity index (χ4v) is 5.59. The zero-order chi connectivity index (χ0) is 23.8. The van der Waals surface area contributed by atoms with Gasteiger partial charge in [-0.1, -0.05) is 70.7 Å². The van der Waals surface area contributed by atoms with Crippen LogP contribution in [0.2, 0.25) is 0 Å². The standard InChI is InChI=1S/C23H26Cl3N3O2S/c1-15-9-11-16(12-10-15)32(30,31)27-22(23(24,25)26)18-13-14-20(29(4)5)21-17(18)7-6-8-19(21)28(2)3/h6-14,22,27H,1-5H3/t22-/m1/s1. The van der Waals surface area contributed by atoms with Crippen molar-refractivity contribution in [2.45, 2.75) is 21.7 Å². The molecule has 5 nitrogen and oxygen atoms in total. The zero-order valence-corrected chi connectivity index (χ0v) is 21.6. The van der Waals surface area contributed by atoms with Crippen LogP contribution in [0.25, 0.3) is 10.8 Å². The number of nitrogens with one attached hydrogen (secondary N) is 1. The van der Waals surface area contributed by atoms with Gasteiger partial charge in [-0.2, -0.15) is 4.72 Å². The normalized spacial score (nSPS) is 13.2. The van der Waals surface area contributed by atoms with Crippen molar-refractivity contribution in [3.05, 3.63) is 65.7 Å². The molecule has 3 aromatic rings. The lowest BCUT2D eigenvalue weighted by molar-refractivity contribution is 0.559. The van der Waals surface area contributed by atoms with Crippen molar-refractivity contribution in [1.82, 2.24) is 4.72 Å². The first-order chi connectivity index (χ1) is 14.8. The maximum absolute atomic E-state index is 13.2. The summed E-state index contributed by atoms with van der Waals surface area (Å²) in [4.78, 5) is 4.10. The van der Waals surface area contributed by atoms with Gasteiger partial charge in [-0.3, -0.25) is 0 Å². The van der Waals surface area contributed by atoms with E-state index >= 15 is 0 Å². The van der Waals surface area contributed by atoms with Crippen LogP contribution >= 0.6 is 34.8 Å². The molecule has 3 rings (SSSR count). The summed E-state index contributed by atoms with van der Waals surface area (Å²) in [6.07, 6.45) is 0. The summed E-state index contributed by atoms with van der Waals surface area (Å²) in [6, 6.07) is 14.9. The molecule has 0 amide bonds. The Morgan fingerprint density at radius 2 is 1.41 bits per heavy atom. The van der Waals surface area contributed by atoms with Gasteiger partial charge in [-0.15, -0.1) is 0 Å². The van der Waals surface area contributed by atoms with Crippen LogP contribution in [0, 0.1) is 6.92 Å². The van der Waals surface area contributed by atoms with Gasteiger partial charge in [-0.05, 0) is 42.1 Å².